The third kappa shape index (κ3) is 11.5. The van der Waals surface area contributed by atoms with Crippen molar-refractivity contribution in [1.82, 2.24) is 5.32 Å². The molecule has 7 nitrogen and oxygen atoms in total. The molecule has 1 aromatic heterocycles. The lowest BCUT2D eigenvalue weighted by Crippen LogP contribution is -2.44. The maximum atomic E-state index is 12.9. The van der Waals surface area contributed by atoms with Crippen LogP contribution in [0.1, 0.15) is 31.7 Å². The zero-order valence-electron chi connectivity index (χ0n) is 17.9. The number of esters is 2. The Labute approximate surface area is 203 Å². The third-order valence-corrected chi connectivity index (χ3v) is 6.90. The summed E-state index contributed by atoms with van der Waals surface area (Å²) in [5.41, 5.74) is 7.33. The molecule has 1 rings (SSSR count). The number of rotatable bonds is 15. The largest absolute Gasteiger partial charge is 0.463 e. The van der Waals surface area contributed by atoms with Crippen LogP contribution in [-0.4, -0.2) is 59.7 Å². The number of carbonyl (C=O) groups excluding carboxylic acids is 3. The Hall–Kier alpha value is -0.880. The smallest absolute Gasteiger partial charge is 0.344 e. The van der Waals surface area contributed by atoms with Gasteiger partial charge in [-0.1, -0.05) is 0 Å². The molecule has 0 radical (unpaired) electrons. The molecule has 0 spiro atoms. The number of hydrogen-bond acceptors (Lipinski definition) is 10. The molecule has 0 aliphatic heterocycles. The number of amides is 1. The van der Waals surface area contributed by atoms with E-state index in [1.807, 2.05) is 23.1 Å². The van der Waals surface area contributed by atoms with Gasteiger partial charge in [0.2, 0.25) is 5.91 Å². The molecular formula is C20H32N2O5S4. The van der Waals surface area contributed by atoms with Gasteiger partial charge in [0.05, 0.1) is 17.1 Å². The maximum Gasteiger partial charge on any atom is 0.344 e. The molecule has 176 valence electrons. The SMILES string of the molecule is CCOC(=O)COC(=O)CCNC(=O)C(Cc1ccsc1)CC(S)(S)C(N)CCSC. The van der Waals surface area contributed by atoms with Crippen molar-refractivity contribution in [2.45, 2.75) is 42.7 Å². The minimum absolute atomic E-state index is 0.0452. The van der Waals surface area contributed by atoms with Gasteiger partial charge in [-0.2, -0.15) is 48.4 Å². The van der Waals surface area contributed by atoms with E-state index in [2.05, 4.69) is 30.6 Å². The highest BCUT2D eigenvalue weighted by atomic mass is 32.2. The van der Waals surface area contributed by atoms with Gasteiger partial charge in [-0.05, 0) is 60.6 Å². The highest BCUT2D eigenvalue weighted by Crippen LogP contribution is 2.34. The monoisotopic (exact) mass is 508 g/mol. The van der Waals surface area contributed by atoms with Gasteiger partial charge in [0.15, 0.2) is 6.61 Å². The predicted molar refractivity (Wildman–Crippen MR) is 133 cm³/mol. The van der Waals surface area contributed by atoms with Crippen molar-refractivity contribution in [3.8, 4) is 0 Å². The van der Waals surface area contributed by atoms with Crippen LogP contribution in [0.25, 0.3) is 0 Å². The lowest BCUT2D eigenvalue weighted by Gasteiger charge is -2.33. The van der Waals surface area contributed by atoms with Crippen LogP contribution in [0.3, 0.4) is 0 Å². The fraction of sp³-hybridized carbons (Fsp3) is 0.650. The Balaban J connectivity index is 2.62. The van der Waals surface area contributed by atoms with Crippen molar-refractivity contribution in [3.63, 3.8) is 0 Å². The van der Waals surface area contributed by atoms with Gasteiger partial charge in [0.25, 0.3) is 0 Å². The second-order valence-electron chi connectivity index (χ2n) is 7.01. The fourth-order valence-electron chi connectivity index (χ4n) is 2.79. The lowest BCUT2D eigenvalue weighted by atomic mass is 9.92. The van der Waals surface area contributed by atoms with Crippen LogP contribution in [0.5, 0.6) is 0 Å². The van der Waals surface area contributed by atoms with E-state index >= 15 is 0 Å². The number of ether oxygens (including phenoxy) is 2. The molecule has 0 aromatic carbocycles. The molecule has 31 heavy (non-hydrogen) atoms. The van der Waals surface area contributed by atoms with Crippen LogP contribution < -0.4 is 11.1 Å². The number of thiol groups is 2. The Morgan fingerprint density at radius 1 is 1.29 bits per heavy atom. The van der Waals surface area contributed by atoms with E-state index in [-0.39, 0.29) is 31.5 Å². The zero-order chi connectivity index (χ0) is 23.3. The second-order valence-corrected chi connectivity index (χ2v) is 10.7. The van der Waals surface area contributed by atoms with E-state index in [4.69, 9.17) is 15.2 Å². The van der Waals surface area contributed by atoms with Crippen molar-refractivity contribution < 1.29 is 23.9 Å². The molecule has 3 N–H and O–H groups in total. The van der Waals surface area contributed by atoms with E-state index in [0.29, 0.717) is 12.8 Å². The van der Waals surface area contributed by atoms with E-state index in [9.17, 15) is 14.4 Å². The summed E-state index contributed by atoms with van der Waals surface area (Å²) in [4.78, 5) is 35.9. The van der Waals surface area contributed by atoms with Gasteiger partial charge in [0.1, 0.15) is 0 Å². The third-order valence-electron chi connectivity index (χ3n) is 4.49. The van der Waals surface area contributed by atoms with Crippen LogP contribution in [0.4, 0.5) is 0 Å². The van der Waals surface area contributed by atoms with Crippen LogP contribution in [0.2, 0.25) is 0 Å². The van der Waals surface area contributed by atoms with Gasteiger partial charge in [-0.15, -0.1) is 0 Å². The van der Waals surface area contributed by atoms with Crippen molar-refractivity contribution >= 4 is 66.2 Å². The Kier molecular flexibility index (Phi) is 13.7. The second kappa shape index (κ2) is 15.0. The van der Waals surface area contributed by atoms with Gasteiger partial charge in [-0.3, -0.25) is 9.59 Å². The summed E-state index contributed by atoms with van der Waals surface area (Å²) in [5.74, 6) is -0.902. The molecule has 0 saturated carbocycles. The van der Waals surface area contributed by atoms with Crippen molar-refractivity contribution in [3.05, 3.63) is 22.4 Å². The molecule has 0 bridgehead atoms. The van der Waals surface area contributed by atoms with Crippen LogP contribution in [0, 0.1) is 5.92 Å². The molecule has 11 heteroatoms. The van der Waals surface area contributed by atoms with Crippen LogP contribution in [0.15, 0.2) is 16.8 Å². The van der Waals surface area contributed by atoms with Gasteiger partial charge in [0, 0.05) is 18.5 Å². The number of carbonyl (C=O) groups is 3. The number of thioether (sulfide) groups is 1. The molecule has 0 fully saturated rings. The summed E-state index contributed by atoms with van der Waals surface area (Å²) in [6.07, 6.45) is 3.62. The average molecular weight is 509 g/mol. The van der Waals surface area contributed by atoms with Crippen molar-refractivity contribution in [2.24, 2.45) is 11.7 Å². The minimum Gasteiger partial charge on any atom is -0.463 e. The predicted octanol–water partition coefficient (Wildman–Crippen LogP) is 2.55. The zero-order valence-corrected chi connectivity index (χ0v) is 21.3. The van der Waals surface area contributed by atoms with Crippen LogP contribution in [-0.2, 0) is 30.3 Å². The van der Waals surface area contributed by atoms with Gasteiger partial charge in [-0.25, -0.2) is 4.79 Å². The molecule has 1 aromatic rings. The summed E-state index contributed by atoms with van der Waals surface area (Å²) in [6.45, 7) is 1.56. The summed E-state index contributed by atoms with van der Waals surface area (Å²) in [6, 6.07) is 1.70. The van der Waals surface area contributed by atoms with E-state index < -0.39 is 28.5 Å². The fourth-order valence-corrected chi connectivity index (χ4v) is 4.66. The first kappa shape index (κ1) is 28.2. The highest BCUT2D eigenvalue weighted by molar-refractivity contribution is 8.00. The average Bonchev–Trinajstić information content (AvgIpc) is 3.23. The Morgan fingerprint density at radius 3 is 2.65 bits per heavy atom. The van der Waals surface area contributed by atoms with Crippen molar-refractivity contribution in [1.29, 1.82) is 0 Å². The molecular weight excluding hydrogens is 476 g/mol. The molecule has 1 amide bonds. The molecule has 1 heterocycles. The number of nitrogens with one attached hydrogen (secondary N) is 1. The molecule has 0 aliphatic carbocycles. The normalized spacial score (nSPS) is 13.3. The van der Waals surface area contributed by atoms with E-state index in [0.717, 1.165) is 17.7 Å². The maximum absolute atomic E-state index is 12.9. The molecule has 2 atom stereocenters. The quantitative estimate of drug-likeness (QED) is 0.164. The topological polar surface area (TPSA) is 108 Å². The molecule has 0 saturated heterocycles. The van der Waals surface area contributed by atoms with E-state index in [1.165, 1.54) is 0 Å². The van der Waals surface area contributed by atoms with E-state index in [1.54, 1.807) is 30.0 Å². The van der Waals surface area contributed by atoms with Gasteiger partial charge < -0.3 is 20.5 Å². The molecule has 0 aliphatic rings. The Bertz CT molecular complexity index is 685. The highest BCUT2D eigenvalue weighted by Gasteiger charge is 2.34. The summed E-state index contributed by atoms with van der Waals surface area (Å²) < 4.78 is 8.71. The first-order valence-electron chi connectivity index (χ1n) is 9.98. The lowest BCUT2D eigenvalue weighted by molar-refractivity contribution is -0.158. The summed E-state index contributed by atoms with van der Waals surface area (Å²) in [5, 5.41) is 6.74. The first-order chi connectivity index (χ1) is 14.7. The number of hydrogen-bond donors (Lipinski definition) is 4. The minimum atomic E-state index is -0.813. The van der Waals surface area contributed by atoms with Gasteiger partial charge >= 0.3 is 11.9 Å². The van der Waals surface area contributed by atoms with Crippen LogP contribution >= 0.6 is 48.4 Å². The number of nitrogens with two attached hydrogens (primary N) is 1. The number of thiophene rings is 1. The van der Waals surface area contributed by atoms with Crippen molar-refractivity contribution in [2.75, 3.05) is 31.8 Å². The summed E-state index contributed by atoms with van der Waals surface area (Å²) in [7, 11) is 0. The standard InChI is InChI=1S/C20H32N2O5S4/c1-3-26-18(24)12-27-17(23)4-7-22-19(25)15(10-14-5-9-31-13-14)11-20(28,29)16(21)6-8-30-2/h5,9,13,15-16,28-29H,3-4,6-8,10-12,21H2,1-2H3,(H,22,25). The summed E-state index contributed by atoms with van der Waals surface area (Å²) >= 11 is 12.6. The Morgan fingerprint density at radius 2 is 2.03 bits per heavy atom. The molecule has 2 unspecified atom stereocenters. The first-order valence-corrected chi connectivity index (χ1v) is 13.2.